The number of nitrogens with zero attached hydrogens (tertiary/aromatic N) is 2. The maximum atomic E-state index is 12.5. The average molecular weight is 406 g/mol. The molecule has 132 valence electrons. The lowest BCUT2D eigenvalue weighted by Crippen LogP contribution is -2.18. The van der Waals surface area contributed by atoms with Crippen LogP contribution in [0.4, 0.5) is 5.69 Å². The number of nitrogens with one attached hydrogen (secondary N) is 1. The number of anilines is 1. The number of amides is 1. The minimum Gasteiger partial charge on any atom is -0.462 e. The summed E-state index contributed by atoms with van der Waals surface area (Å²) in [6.45, 7) is 2.28. The molecule has 0 saturated heterocycles. The van der Waals surface area contributed by atoms with Crippen LogP contribution in [0.25, 0.3) is 0 Å². The predicted octanol–water partition coefficient (Wildman–Crippen LogP) is 3.49. The first-order valence-corrected chi connectivity index (χ1v) is 9.05. The van der Waals surface area contributed by atoms with Gasteiger partial charge in [-0.3, -0.25) is 9.48 Å². The number of esters is 1. The maximum absolute atomic E-state index is 12.5. The van der Waals surface area contributed by atoms with Gasteiger partial charge in [0, 0.05) is 23.6 Å². The van der Waals surface area contributed by atoms with Gasteiger partial charge >= 0.3 is 5.97 Å². The van der Waals surface area contributed by atoms with E-state index in [4.69, 9.17) is 4.74 Å². The van der Waals surface area contributed by atoms with Crippen molar-refractivity contribution in [3.05, 3.63) is 46.2 Å². The second-order valence-corrected chi connectivity index (χ2v) is 7.13. The Hall–Kier alpha value is -2.15. The topological polar surface area (TPSA) is 73.2 Å². The highest BCUT2D eigenvalue weighted by atomic mass is 79.9. The Morgan fingerprint density at radius 1 is 1.44 bits per heavy atom. The van der Waals surface area contributed by atoms with E-state index in [0.717, 1.165) is 22.9 Å². The number of hydrogen-bond donors (Lipinski definition) is 1. The van der Waals surface area contributed by atoms with Crippen molar-refractivity contribution in [1.82, 2.24) is 9.78 Å². The van der Waals surface area contributed by atoms with Gasteiger partial charge in [-0.15, -0.1) is 0 Å². The highest BCUT2D eigenvalue weighted by molar-refractivity contribution is 9.10. The van der Waals surface area contributed by atoms with E-state index in [0.29, 0.717) is 17.9 Å². The molecule has 3 rings (SSSR count). The van der Waals surface area contributed by atoms with Crippen LogP contribution in [0, 0.1) is 5.92 Å². The van der Waals surface area contributed by atoms with E-state index < -0.39 is 5.97 Å². The van der Waals surface area contributed by atoms with Crippen molar-refractivity contribution in [1.29, 1.82) is 0 Å². The zero-order valence-electron chi connectivity index (χ0n) is 14.2. The number of aromatic nitrogens is 2. The number of aryl methyl sites for hydroxylation is 1. The summed E-state index contributed by atoms with van der Waals surface area (Å²) < 4.78 is 7.69. The van der Waals surface area contributed by atoms with Gasteiger partial charge in [0.05, 0.1) is 24.1 Å². The van der Waals surface area contributed by atoms with Crippen molar-refractivity contribution in [2.24, 2.45) is 13.0 Å². The van der Waals surface area contributed by atoms with E-state index in [1.54, 1.807) is 29.1 Å². The molecule has 7 heteroatoms. The van der Waals surface area contributed by atoms with Crippen LogP contribution in [0.15, 0.2) is 35.1 Å². The molecular formula is C18H20BrN3O3. The number of rotatable bonds is 6. The lowest BCUT2D eigenvalue weighted by molar-refractivity contribution is -0.117. The summed E-state index contributed by atoms with van der Waals surface area (Å²) in [6, 6.07) is 5.17. The fourth-order valence-electron chi connectivity index (χ4n) is 2.78. The van der Waals surface area contributed by atoms with Gasteiger partial charge in [-0.25, -0.2) is 4.79 Å². The zero-order chi connectivity index (χ0) is 18.0. The quantitative estimate of drug-likeness (QED) is 0.746. The molecule has 1 saturated carbocycles. The summed E-state index contributed by atoms with van der Waals surface area (Å²) in [5.41, 5.74) is 1.90. The van der Waals surface area contributed by atoms with Crippen molar-refractivity contribution in [3.63, 3.8) is 0 Å². The fourth-order valence-corrected chi connectivity index (χ4v) is 3.14. The third-order valence-corrected chi connectivity index (χ3v) is 4.67. The Bertz CT molecular complexity index is 803. The van der Waals surface area contributed by atoms with Crippen LogP contribution in [-0.2, 0) is 16.6 Å². The van der Waals surface area contributed by atoms with Crippen molar-refractivity contribution in [2.45, 2.75) is 25.7 Å². The van der Waals surface area contributed by atoms with Crippen molar-refractivity contribution < 1.29 is 14.3 Å². The minimum absolute atomic E-state index is 0.0827. The summed E-state index contributed by atoms with van der Waals surface area (Å²) in [6.07, 6.45) is 5.27. The number of carbonyl (C=O) groups excluding carboxylic acids is 2. The molecule has 6 nitrogen and oxygen atoms in total. The second-order valence-electron chi connectivity index (χ2n) is 6.21. The summed E-state index contributed by atoms with van der Waals surface area (Å²) in [4.78, 5) is 24.8. The number of halogens is 1. The van der Waals surface area contributed by atoms with Crippen LogP contribution >= 0.6 is 15.9 Å². The Kier molecular flexibility index (Phi) is 5.22. The van der Waals surface area contributed by atoms with Crippen LogP contribution < -0.4 is 5.32 Å². The van der Waals surface area contributed by atoms with E-state index >= 15 is 0 Å². The molecule has 2 aromatic rings. The highest BCUT2D eigenvalue weighted by Crippen LogP contribution is 2.47. The lowest BCUT2D eigenvalue weighted by Gasteiger charge is -2.11. The molecule has 1 fully saturated rings. The molecule has 1 amide bonds. The van der Waals surface area contributed by atoms with Crippen molar-refractivity contribution >= 4 is 33.5 Å². The van der Waals surface area contributed by atoms with E-state index in [-0.39, 0.29) is 17.7 Å². The Morgan fingerprint density at radius 3 is 2.92 bits per heavy atom. The number of ether oxygens (including phenoxy) is 1. The molecule has 1 heterocycles. The Morgan fingerprint density at radius 2 is 2.24 bits per heavy atom. The van der Waals surface area contributed by atoms with E-state index in [1.807, 2.05) is 20.2 Å². The van der Waals surface area contributed by atoms with Gasteiger partial charge in [-0.05, 0) is 42.5 Å². The molecule has 2 atom stereocenters. The van der Waals surface area contributed by atoms with Crippen molar-refractivity contribution in [2.75, 3.05) is 11.9 Å². The summed E-state index contributed by atoms with van der Waals surface area (Å²) >= 11 is 3.35. The summed E-state index contributed by atoms with van der Waals surface area (Å²) in [5, 5.41) is 7.03. The van der Waals surface area contributed by atoms with Gasteiger partial charge in [-0.2, -0.15) is 5.10 Å². The monoisotopic (exact) mass is 405 g/mol. The minimum atomic E-state index is -0.432. The SMILES string of the molecule is CCCOC(=O)c1cc(Br)ccc1NC(=O)C1CC1c1cnn(C)c1. The molecule has 0 spiro atoms. The lowest BCUT2D eigenvalue weighted by atomic mass is 10.1. The first-order valence-electron chi connectivity index (χ1n) is 8.25. The van der Waals surface area contributed by atoms with Crippen LogP contribution in [-0.4, -0.2) is 28.3 Å². The normalized spacial score (nSPS) is 18.7. The van der Waals surface area contributed by atoms with Crippen LogP contribution in [0.1, 0.15) is 41.6 Å². The van der Waals surface area contributed by atoms with Gasteiger partial charge in [0.15, 0.2) is 0 Å². The molecule has 25 heavy (non-hydrogen) atoms. The predicted molar refractivity (Wildman–Crippen MR) is 97.4 cm³/mol. The van der Waals surface area contributed by atoms with E-state index in [2.05, 4.69) is 26.3 Å². The van der Waals surface area contributed by atoms with Gasteiger partial charge in [0.2, 0.25) is 5.91 Å². The van der Waals surface area contributed by atoms with Crippen LogP contribution in [0.2, 0.25) is 0 Å². The largest absolute Gasteiger partial charge is 0.462 e. The third kappa shape index (κ3) is 4.10. The Labute approximate surface area is 154 Å². The molecule has 1 aromatic carbocycles. The average Bonchev–Trinajstić information content (AvgIpc) is 3.28. The molecule has 0 aliphatic heterocycles. The first-order chi connectivity index (χ1) is 12.0. The smallest absolute Gasteiger partial charge is 0.340 e. The Balaban J connectivity index is 1.70. The van der Waals surface area contributed by atoms with Crippen LogP contribution in [0.3, 0.4) is 0 Å². The molecular weight excluding hydrogens is 386 g/mol. The maximum Gasteiger partial charge on any atom is 0.340 e. The van der Waals surface area contributed by atoms with Crippen molar-refractivity contribution in [3.8, 4) is 0 Å². The van der Waals surface area contributed by atoms with E-state index in [1.165, 1.54) is 0 Å². The summed E-state index contributed by atoms with van der Waals surface area (Å²) in [5.74, 6) is -0.411. The van der Waals surface area contributed by atoms with Gasteiger partial charge < -0.3 is 10.1 Å². The molecule has 0 bridgehead atoms. The number of hydrogen-bond acceptors (Lipinski definition) is 4. The molecule has 1 aliphatic rings. The van der Waals surface area contributed by atoms with Gasteiger partial charge in [0.25, 0.3) is 0 Å². The molecule has 1 aliphatic carbocycles. The number of benzene rings is 1. The zero-order valence-corrected chi connectivity index (χ0v) is 15.7. The molecule has 0 radical (unpaired) electrons. The third-order valence-electron chi connectivity index (χ3n) is 4.18. The highest BCUT2D eigenvalue weighted by Gasteiger charge is 2.44. The molecule has 2 unspecified atom stereocenters. The molecule has 1 aromatic heterocycles. The van der Waals surface area contributed by atoms with Gasteiger partial charge in [0.1, 0.15) is 0 Å². The van der Waals surface area contributed by atoms with E-state index in [9.17, 15) is 9.59 Å². The molecule has 1 N–H and O–H groups in total. The first kappa shape index (κ1) is 17.7. The fraction of sp³-hybridized carbons (Fsp3) is 0.389. The van der Waals surface area contributed by atoms with Crippen LogP contribution in [0.5, 0.6) is 0 Å². The standard InChI is InChI=1S/C18H20BrN3O3/c1-3-6-25-18(24)15-7-12(19)4-5-16(15)21-17(23)14-8-13(14)11-9-20-22(2)10-11/h4-5,7,9-10,13-14H,3,6,8H2,1-2H3,(H,21,23). The van der Waals surface area contributed by atoms with Gasteiger partial charge in [-0.1, -0.05) is 22.9 Å². The second kappa shape index (κ2) is 7.39. The summed E-state index contributed by atoms with van der Waals surface area (Å²) in [7, 11) is 1.86. The number of carbonyl (C=O) groups is 2.